The summed E-state index contributed by atoms with van der Waals surface area (Å²) in [4.78, 5) is 21.0. The summed E-state index contributed by atoms with van der Waals surface area (Å²) in [5.74, 6) is -0.219. The third kappa shape index (κ3) is 4.60. The quantitative estimate of drug-likeness (QED) is 0.492. The lowest BCUT2D eigenvalue weighted by Crippen LogP contribution is -2.39. The third-order valence-corrected chi connectivity index (χ3v) is 4.77. The molecule has 3 aromatic heterocycles. The Morgan fingerprint density at radius 1 is 1.29 bits per heavy atom. The number of hydrogen-bond acceptors (Lipinski definition) is 7. The minimum atomic E-state index is -2.02. The number of halogens is 1. The number of ether oxygens (including phenoxy) is 1. The number of anilines is 3. The molecule has 3 aromatic rings. The Morgan fingerprint density at radius 2 is 2.06 bits per heavy atom. The standard InChI is InChI=1S/C18H17B3FN7O2/c1-23-14-6-13(27-12-5-9(22)7-24-17(12)31-18(19,20)21)28-15-11(8-25-29(14)15)16(30)26-10-3-2-4-10/h5-8,10,23H,2-4H2,1H3,(H,26,30)(H,27,28). The van der Waals surface area contributed by atoms with Crippen LogP contribution in [0.25, 0.3) is 5.65 Å². The molecule has 1 fully saturated rings. The first-order chi connectivity index (χ1) is 14.7. The number of carbonyl (C=O) groups excluding carboxylic acids is 1. The first kappa shape index (κ1) is 21.0. The van der Waals surface area contributed by atoms with Crippen LogP contribution in [0, 0.1) is 5.82 Å². The van der Waals surface area contributed by atoms with Gasteiger partial charge in [-0.2, -0.15) is 9.61 Å². The molecule has 13 heteroatoms. The van der Waals surface area contributed by atoms with E-state index < -0.39 is 11.1 Å². The van der Waals surface area contributed by atoms with Crippen LogP contribution in [0.5, 0.6) is 5.88 Å². The molecular weight excluding hydrogens is 398 g/mol. The summed E-state index contributed by atoms with van der Waals surface area (Å²) in [7, 11) is 18.1. The summed E-state index contributed by atoms with van der Waals surface area (Å²) >= 11 is 0. The lowest BCUT2D eigenvalue weighted by Gasteiger charge is -2.26. The van der Waals surface area contributed by atoms with Crippen molar-refractivity contribution in [3.8, 4) is 5.88 Å². The van der Waals surface area contributed by atoms with Gasteiger partial charge in [-0.1, -0.05) is 0 Å². The van der Waals surface area contributed by atoms with Gasteiger partial charge >= 0.3 is 0 Å². The van der Waals surface area contributed by atoms with Gasteiger partial charge < -0.3 is 20.7 Å². The minimum Gasteiger partial charge on any atom is -0.499 e. The lowest BCUT2D eigenvalue weighted by atomic mass is 9.52. The van der Waals surface area contributed by atoms with E-state index in [9.17, 15) is 9.18 Å². The Balaban J connectivity index is 1.70. The third-order valence-electron chi connectivity index (χ3n) is 4.77. The van der Waals surface area contributed by atoms with Gasteiger partial charge in [-0.05, 0) is 24.6 Å². The number of carbonyl (C=O) groups is 1. The number of nitrogens with zero attached hydrogens (tertiary/aromatic N) is 4. The second-order valence-electron chi connectivity index (χ2n) is 7.26. The molecule has 0 aliphatic heterocycles. The van der Waals surface area contributed by atoms with Crippen LogP contribution >= 0.6 is 0 Å². The van der Waals surface area contributed by atoms with E-state index in [4.69, 9.17) is 28.3 Å². The highest BCUT2D eigenvalue weighted by Gasteiger charge is 2.24. The van der Waals surface area contributed by atoms with Crippen molar-refractivity contribution in [2.75, 3.05) is 17.7 Å². The second-order valence-corrected chi connectivity index (χ2v) is 7.26. The number of rotatable bonds is 7. The van der Waals surface area contributed by atoms with E-state index in [1.165, 1.54) is 10.7 Å². The van der Waals surface area contributed by atoms with Crippen molar-refractivity contribution in [2.24, 2.45) is 0 Å². The molecule has 1 amide bonds. The summed E-state index contributed by atoms with van der Waals surface area (Å²) in [5, 5.41) is 11.1. The van der Waals surface area contributed by atoms with Crippen molar-refractivity contribution in [3.63, 3.8) is 0 Å². The molecule has 3 N–H and O–H groups in total. The van der Waals surface area contributed by atoms with Gasteiger partial charge in [-0.15, -0.1) is 0 Å². The fraction of sp³-hybridized carbons (Fsp3) is 0.333. The van der Waals surface area contributed by atoms with E-state index in [0.29, 0.717) is 17.0 Å². The van der Waals surface area contributed by atoms with Crippen LogP contribution < -0.4 is 20.7 Å². The summed E-state index contributed by atoms with van der Waals surface area (Å²) < 4.78 is 20.5. The Labute approximate surface area is 181 Å². The maximum atomic E-state index is 13.8. The SMILES string of the molecule is [B]C([B])([B])Oc1ncc(F)cc1Nc1cc(NC)n2ncc(C(=O)NC3CCC3)c2n1. The molecule has 1 saturated carbocycles. The number of aromatic nitrogens is 4. The van der Waals surface area contributed by atoms with Crippen LogP contribution in [-0.2, 0) is 0 Å². The number of fused-ring (bicyclic) bond motifs is 1. The lowest BCUT2D eigenvalue weighted by molar-refractivity contribution is 0.0918. The van der Waals surface area contributed by atoms with Crippen molar-refractivity contribution >= 4 is 52.4 Å². The van der Waals surface area contributed by atoms with Gasteiger partial charge in [0.05, 0.1) is 12.4 Å². The topological polar surface area (TPSA) is 105 Å². The molecule has 152 valence electrons. The summed E-state index contributed by atoms with van der Waals surface area (Å²) in [6.07, 6.45) is 5.38. The number of pyridine rings is 1. The van der Waals surface area contributed by atoms with Crippen molar-refractivity contribution < 1.29 is 13.9 Å². The number of nitrogens with one attached hydrogen (secondary N) is 3. The highest BCUT2D eigenvalue weighted by molar-refractivity contribution is 6.58. The van der Waals surface area contributed by atoms with Gasteiger partial charge in [-0.25, -0.2) is 14.4 Å². The predicted molar refractivity (Wildman–Crippen MR) is 116 cm³/mol. The van der Waals surface area contributed by atoms with E-state index >= 15 is 0 Å². The van der Waals surface area contributed by atoms with Crippen molar-refractivity contribution in [1.82, 2.24) is 24.9 Å². The summed E-state index contributed by atoms with van der Waals surface area (Å²) in [5.41, 5.74) is 0.708. The molecule has 0 unspecified atom stereocenters. The maximum absolute atomic E-state index is 13.8. The highest BCUT2D eigenvalue weighted by atomic mass is 19.1. The zero-order valence-electron chi connectivity index (χ0n) is 16.7. The first-order valence-electron chi connectivity index (χ1n) is 9.59. The van der Waals surface area contributed by atoms with Gasteiger partial charge in [0.15, 0.2) is 5.65 Å². The Hall–Kier alpha value is -3.24. The average Bonchev–Trinajstić information content (AvgIpc) is 3.09. The largest absolute Gasteiger partial charge is 0.499 e. The normalized spacial score (nSPS) is 14.1. The molecule has 0 spiro atoms. The van der Waals surface area contributed by atoms with Gasteiger partial charge in [0.1, 0.15) is 52.2 Å². The summed E-state index contributed by atoms with van der Waals surface area (Å²) in [6.45, 7) is 0. The van der Waals surface area contributed by atoms with E-state index in [1.54, 1.807) is 13.1 Å². The first-order valence-corrected chi connectivity index (χ1v) is 9.59. The molecule has 1 aliphatic carbocycles. The second kappa shape index (κ2) is 8.12. The molecule has 9 nitrogen and oxygen atoms in total. The molecule has 6 radical (unpaired) electrons. The molecule has 0 bridgehead atoms. The van der Waals surface area contributed by atoms with Gasteiger partial charge in [0, 0.05) is 25.2 Å². The Morgan fingerprint density at radius 3 is 2.71 bits per heavy atom. The highest BCUT2D eigenvalue weighted by Crippen LogP contribution is 2.29. The zero-order chi connectivity index (χ0) is 22.2. The molecule has 0 aromatic carbocycles. The zero-order valence-corrected chi connectivity index (χ0v) is 16.7. The maximum Gasteiger partial charge on any atom is 0.256 e. The van der Waals surface area contributed by atoms with Crippen LogP contribution in [-0.4, -0.2) is 67.4 Å². The minimum absolute atomic E-state index is 0.0876. The molecule has 31 heavy (non-hydrogen) atoms. The van der Waals surface area contributed by atoms with Crippen LogP contribution in [0.3, 0.4) is 0 Å². The van der Waals surface area contributed by atoms with E-state index in [-0.39, 0.29) is 29.3 Å². The monoisotopic (exact) mass is 415 g/mol. The Bertz CT molecular complexity index is 1130. The van der Waals surface area contributed by atoms with Crippen LogP contribution in [0.15, 0.2) is 24.5 Å². The number of amides is 1. The smallest absolute Gasteiger partial charge is 0.256 e. The van der Waals surface area contributed by atoms with Gasteiger partial charge in [-0.3, -0.25) is 4.79 Å². The molecule has 0 atom stereocenters. The van der Waals surface area contributed by atoms with Crippen LogP contribution in [0.2, 0.25) is 0 Å². The van der Waals surface area contributed by atoms with Crippen LogP contribution in [0.4, 0.5) is 21.7 Å². The molecular formula is C18H17B3FN7O2. The summed E-state index contributed by atoms with van der Waals surface area (Å²) in [6, 6.07) is 2.90. The molecule has 4 rings (SSSR count). The Kier molecular flexibility index (Phi) is 5.51. The van der Waals surface area contributed by atoms with E-state index in [2.05, 4.69) is 31.0 Å². The van der Waals surface area contributed by atoms with Gasteiger partial charge in [0.2, 0.25) is 5.88 Å². The predicted octanol–water partition coefficient (Wildman–Crippen LogP) is 0.827. The van der Waals surface area contributed by atoms with Crippen molar-refractivity contribution in [1.29, 1.82) is 0 Å². The van der Waals surface area contributed by atoms with E-state index in [1.807, 2.05) is 0 Å². The van der Waals surface area contributed by atoms with Gasteiger partial charge in [0.25, 0.3) is 5.91 Å². The van der Waals surface area contributed by atoms with Crippen molar-refractivity contribution in [3.05, 3.63) is 35.9 Å². The molecule has 3 heterocycles. The fourth-order valence-corrected chi connectivity index (χ4v) is 3.08. The van der Waals surface area contributed by atoms with Crippen LogP contribution in [0.1, 0.15) is 29.6 Å². The molecule has 0 saturated heterocycles. The average molecular weight is 415 g/mol. The van der Waals surface area contributed by atoms with E-state index in [0.717, 1.165) is 31.5 Å². The fourth-order valence-electron chi connectivity index (χ4n) is 3.08. The number of hydrogen-bond donors (Lipinski definition) is 3. The molecule has 1 aliphatic rings. The van der Waals surface area contributed by atoms with Crippen molar-refractivity contribution in [2.45, 2.75) is 30.6 Å².